The van der Waals surface area contributed by atoms with E-state index in [2.05, 4.69) is 0 Å². The first kappa shape index (κ1) is 8.31. The van der Waals surface area contributed by atoms with Crippen LogP contribution in [0.2, 0.25) is 0 Å². The zero-order valence-electron chi connectivity index (χ0n) is 5.67. The van der Waals surface area contributed by atoms with Gasteiger partial charge >= 0.3 is 7.94 Å². The minimum Gasteiger partial charge on any atom is -0.182 e. The van der Waals surface area contributed by atoms with Crippen molar-refractivity contribution in [3.05, 3.63) is 0 Å². The minimum absolute atomic E-state index is 1.57. The van der Waals surface area contributed by atoms with E-state index in [1.165, 1.54) is 0 Å². The maximum absolute atomic E-state index is 4.90. The molecule has 50 valence electrons. The van der Waals surface area contributed by atoms with Crippen molar-refractivity contribution in [3.63, 3.8) is 0 Å². The number of hydrogen-bond donors (Lipinski definition) is 0. The molecule has 0 aromatic carbocycles. The Morgan fingerprint density at radius 2 is 1.12 bits per heavy atom. The van der Waals surface area contributed by atoms with E-state index < -0.39 is 7.94 Å². The Morgan fingerprint density at radius 1 is 0.875 bits per heavy atom. The van der Waals surface area contributed by atoms with Crippen LogP contribution in [0.15, 0.2) is 0 Å². The van der Waals surface area contributed by atoms with Crippen LogP contribution in [0.5, 0.6) is 0 Å². The lowest BCUT2D eigenvalue weighted by atomic mass is 11.8. The quantitative estimate of drug-likeness (QED) is 0.552. The largest absolute Gasteiger partial charge is 0.407 e. The third-order valence-electron chi connectivity index (χ3n) is 0.995. The van der Waals surface area contributed by atoms with Crippen molar-refractivity contribution in [2.24, 2.45) is 0 Å². The van der Waals surface area contributed by atoms with Crippen molar-refractivity contribution in [1.82, 2.24) is 0 Å². The lowest BCUT2D eigenvalue weighted by molar-refractivity contribution is 0.217. The first-order chi connectivity index (χ1) is 3.68. The zero-order valence-corrected chi connectivity index (χ0v) is 6.57. The highest BCUT2D eigenvalue weighted by Crippen LogP contribution is 2.56. The van der Waals surface area contributed by atoms with Gasteiger partial charge in [-0.3, -0.25) is 0 Å². The molecular weight excluding hydrogens is 127 g/mol. The molecule has 0 aliphatic rings. The highest BCUT2D eigenvalue weighted by molar-refractivity contribution is 7.60. The maximum atomic E-state index is 4.90. The monoisotopic (exact) mass is 139 g/mol. The Labute approximate surface area is 50.5 Å². The van der Waals surface area contributed by atoms with Gasteiger partial charge in [0.15, 0.2) is 0 Å². The molecule has 0 aliphatic heterocycles. The molecule has 0 radical (unpaired) electrons. The molecule has 0 aliphatic carbocycles. The molecule has 0 rings (SSSR count). The van der Waals surface area contributed by atoms with E-state index in [0.29, 0.717) is 0 Å². The van der Waals surface area contributed by atoms with Crippen molar-refractivity contribution in [3.8, 4) is 0 Å². The van der Waals surface area contributed by atoms with Gasteiger partial charge in [0.2, 0.25) is 0 Å². The Morgan fingerprint density at radius 3 is 1.12 bits per heavy atom. The summed E-state index contributed by atoms with van der Waals surface area (Å²) < 4.78 is 14.7. The van der Waals surface area contributed by atoms with Crippen LogP contribution in [-0.2, 0) is 13.6 Å². The second-order valence-corrected chi connectivity index (χ2v) is 3.96. The Balaban J connectivity index is 3.58. The van der Waals surface area contributed by atoms with Crippen molar-refractivity contribution < 1.29 is 13.6 Å². The first-order valence-electron chi connectivity index (χ1n) is 2.22. The second-order valence-electron chi connectivity index (χ2n) is 1.32. The lowest BCUT2D eigenvalue weighted by Gasteiger charge is -2.10. The maximum Gasteiger partial charge on any atom is 0.407 e. The predicted octanol–water partition coefficient (Wildman–Crippen LogP) is 1.32. The smallest absolute Gasteiger partial charge is 0.182 e. The van der Waals surface area contributed by atoms with Crippen LogP contribution in [0.3, 0.4) is 0 Å². The van der Waals surface area contributed by atoms with Gasteiger partial charge in [-0.1, -0.05) is 0 Å². The summed E-state index contributed by atoms with van der Waals surface area (Å²) in [6.07, 6.45) is 0. The van der Waals surface area contributed by atoms with Gasteiger partial charge < -0.3 is 0 Å². The summed E-state index contributed by atoms with van der Waals surface area (Å²) in [5, 5.41) is 0. The van der Waals surface area contributed by atoms with Gasteiger partial charge in [0.05, 0.1) is 21.3 Å². The third kappa shape index (κ3) is 2.05. The van der Waals surface area contributed by atoms with Crippen molar-refractivity contribution in [2.75, 3.05) is 28.0 Å². The summed E-state index contributed by atoms with van der Waals surface area (Å²) >= 11 is 0. The SMILES string of the molecule is CO[P+](C)(OC)OC. The van der Waals surface area contributed by atoms with Crippen LogP contribution in [0.25, 0.3) is 0 Å². The average Bonchev–Trinajstić information content (AvgIpc) is 1.87. The van der Waals surface area contributed by atoms with E-state index in [1.54, 1.807) is 28.0 Å². The van der Waals surface area contributed by atoms with Crippen LogP contribution >= 0.6 is 7.94 Å². The molecular formula is C4H12O3P+. The van der Waals surface area contributed by atoms with Crippen LogP contribution in [-0.4, -0.2) is 28.0 Å². The summed E-state index contributed by atoms with van der Waals surface area (Å²) in [7, 11) is 2.80. The average molecular weight is 139 g/mol. The van der Waals surface area contributed by atoms with E-state index >= 15 is 0 Å². The summed E-state index contributed by atoms with van der Waals surface area (Å²) in [4.78, 5) is 0. The van der Waals surface area contributed by atoms with Crippen molar-refractivity contribution >= 4 is 7.94 Å². The molecule has 0 heterocycles. The molecule has 0 atom stereocenters. The number of rotatable bonds is 3. The molecule has 0 aromatic heterocycles. The highest BCUT2D eigenvalue weighted by Gasteiger charge is 2.33. The second kappa shape index (κ2) is 3.36. The van der Waals surface area contributed by atoms with Crippen molar-refractivity contribution in [2.45, 2.75) is 0 Å². The van der Waals surface area contributed by atoms with Crippen LogP contribution in [0.4, 0.5) is 0 Å². The summed E-state index contributed by atoms with van der Waals surface area (Å²) in [6.45, 7) is 1.80. The molecule has 0 amide bonds. The molecule has 0 aromatic rings. The van der Waals surface area contributed by atoms with Crippen LogP contribution < -0.4 is 0 Å². The Hall–Kier alpha value is 0.310. The molecule has 0 saturated heterocycles. The molecule has 0 spiro atoms. The van der Waals surface area contributed by atoms with Crippen LogP contribution in [0, 0.1) is 0 Å². The topological polar surface area (TPSA) is 27.7 Å². The number of hydrogen-bond acceptors (Lipinski definition) is 3. The van der Waals surface area contributed by atoms with Gasteiger partial charge in [0.1, 0.15) is 6.66 Å². The molecule has 3 nitrogen and oxygen atoms in total. The Bertz CT molecular complexity index is 54.0. The van der Waals surface area contributed by atoms with E-state index in [0.717, 1.165) is 0 Å². The highest BCUT2D eigenvalue weighted by atomic mass is 31.2. The van der Waals surface area contributed by atoms with Gasteiger partial charge in [0, 0.05) is 0 Å². The molecule has 8 heavy (non-hydrogen) atoms. The summed E-state index contributed by atoms with van der Waals surface area (Å²) in [5.74, 6) is 0. The predicted molar refractivity (Wildman–Crippen MR) is 33.9 cm³/mol. The molecule has 4 heteroatoms. The van der Waals surface area contributed by atoms with Gasteiger partial charge in [-0.2, -0.15) is 13.6 Å². The van der Waals surface area contributed by atoms with Crippen molar-refractivity contribution in [1.29, 1.82) is 0 Å². The molecule has 0 saturated carbocycles. The Kier molecular flexibility index (Phi) is 3.49. The van der Waals surface area contributed by atoms with Crippen LogP contribution in [0.1, 0.15) is 0 Å². The lowest BCUT2D eigenvalue weighted by Crippen LogP contribution is -1.96. The minimum atomic E-state index is -1.91. The normalized spacial score (nSPS) is 12.0. The van der Waals surface area contributed by atoms with Gasteiger partial charge in [-0.05, 0) is 0 Å². The van der Waals surface area contributed by atoms with E-state index in [1.807, 2.05) is 0 Å². The first-order valence-corrected chi connectivity index (χ1v) is 4.21. The fourth-order valence-corrected chi connectivity index (χ4v) is 0.671. The zero-order chi connectivity index (χ0) is 6.62. The summed E-state index contributed by atoms with van der Waals surface area (Å²) in [5.41, 5.74) is 0. The van der Waals surface area contributed by atoms with Gasteiger partial charge in [-0.25, -0.2) is 0 Å². The molecule has 0 fully saturated rings. The molecule has 0 unspecified atom stereocenters. The van der Waals surface area contributed by atoms with E-state index in [-0.39, 0.29) is 0 Å². The van der Waals surface area contributed by atoms with E-state index in [4.69, 9.17) is 13.6 Å². The van der Waals surface area contributed by atoms with E-state index in [9.17, 15) is 0 Å². The molecule has 0 N–H and O–H groups in total. The van der Waals surface area contributed by atoms with Gasteiger partial charge in [0.25, 0.3) is 0 Å². The van der Waals surface area contributed by atoms with Gasteiger partial charge in [-0.15, -0.1) is 0 Å². The summed E-state index contributed by atoms with van der Waals surface area (Å²) in [6, 6.07) is 0. The molecule has 0 bridgehead atoms. The third-order valence-corrected chi connectivity index (χ3v) is 2.98. The standard InChI is InChI=1S/C4H12O3P/c1-5-8(4,6-2)7-3/h1-4H3/q+1. The fraction of sp³-hybridized carbons (Fsp3) is 1.00. The fourth-order valence-electron chi connectivity index (χ4n) is 0.224.